The molecule has 0 fully saturated rings. The minimum Gasteiger partial charge on any atom is -0.317 e. The van der Waals surface area contributed by atoms with Crippen LogP contribution < -0.4 is 0 Å². The zero-order valence-electron chi connectivity index (χ0n) is 12.4. The van der Waals surface area contributed by atoms with Gasteiger partial charge < -0.3 is 4.74 Å². The van der Waals surface area contributed by atoms with Gasteiger partial charge in [-0.25, -0.2) is 0 Å². The molecule has 0 N–H and O–H groups in total. The quantitative estimate of drug-likeness (QED) is 0.409. The van der Waals surface area contributed by atoms with Crippen molar-refractivity contribution in [2.75, 3.05) is 6.61 Å². The van der Waals surface area contributed by atoms with E-state index in [1.807, 2.05) is 0 Å². The Morgan fingerprint density at radius 1 is 1.00 bits per heavy atom. The molecule has 0 spiro atoms. The Bertz CT molecular complexity index is 325. The van der Waals surface area contributed by atoms with Gasteiger partial charge in [0.25, 0.3) is 0 Å². The Balaban J connectivity index is 1.94. The first kappa shape index (κ1) is 17.6. The van der Waals surface area contributed by atoms with Gasteiger partial charge in [0.15, 0.2) is 0 Å². The second-order valence-corrected chi connectivity index (χ2v) is 5.99. The summed E-state index contributed by atoms with van der Waals surface area (Å²) in [6.07, 6.45) is 7.41. The van der Waals surface area contributed by atoms with Crippen LogP contribution in [0.2, 0.25) is 0 Å². The van der Waals surface area contributed by atoms with Crippen LogP contribution in [0.4, 0.5) is 8.78 Å². The molecule has 0 radical (unpaired) electrons. The molecule has 20 heavy (non-hydrogen) atoms. The predicted octanol–water partition coefficient (Wildman–Crippen LogP) is 6.34. The molecule has 0 aliphatic heterocycles. The van der Waals surface area contributed by atoms with Crippen molar-refractivity contribution in [3.63, 3.8) is 0 Å². The van der Waals surface area contributed by atoms with Crippen molar-refractivity contribution in [3.05, 3.63) is 22.4 Å². The molecule has 0 bridgehead atoms. The molecule has 0 aromatic carbocycles. The van der Waals surface area contributed by atoms with Gasteiger partial charge in [-0.05, 0) is 17.9 Å². The SMILES string of the molecule is CCCCCCCCCCCOC(F)(F)c1ccsc1. The normalized spacial score (nSPS) is 11.9. The highest BCUT2D eigenvalue weighted by molar-refractivity contribution is 7.07. The summed E-state index contributed by atoms with van der Waals surface area (Å²) in [5.41, 5.74) is -0.0292. The molecule has 1 heterocycles. The number of rotatable bonds is 12. The van der Waals surface area contributed by atoms with E-state index in [1.165, 1.54) is 61.3 Å². The van der Waals surface area contributed by atoms with Crippen molar-refractivity contribution in [2.24, 2.45) is 0 Å². The zero-order valence-corrected chi connectivity index (χ0v) is 13.2. The number of hydrogen-bond acceptors (Lipinski definition) is 2. The van der Waals surface area contributed by atoms with Crippen LogP contribution in [-0.4, -0.2) is 6.61 Å². The number of halogens is 2. The third kappa shape index (κ3) is 7.34. The average Bonchev–Trinajstić information content (AvgIpc) is 2.96. The van der Waals surface area contributed by atoms with Gasteiger partial charge in [-0.3, -0.25) is 0 Å². The van der Waals surface area contributed by atoms with E-state index >= 15 is 0 Å². The summed E-state index contributed by atoms with van der Waals surface area (Å²) in [6, 6.07) is 1.42. The average molecular weight is 304 g/mol. The Morgan fingerprint density at radius 3 is 2.15 bits per heavy atom. The summed E-state index contributed by atoms with van der Waals surface area (Å²) >= 11 is 1.26. The summed E-state index contributed by atoms with van der Waals surface area (Å²) in [5.74, 6) is 0. The van der Waals surface area contributed by atoms with Gasteiger partial charge in [-0.2, -0.15) is 20.1 Å². The molecule has 1 nitrogen and oxygen atoms in total. The number of thiophene rings is 1. The lowest BCUT2D eigenvalue weighted by Gasteiger charge is -2.15. The van der Waals surface area contributed by atoms with Crippen molar-refractivity contribution in [3.8, 4) is 0 Å². The lowest BCUT2D eigenvalue weighted by Crippen LogP contribution is -2.18. The lowest BCUT2D eigenvalue weighted by atomic mass is 10.1. The standard InChI is InChI=1S/C16H26F2OS/c1-2-3-4-5-6-7-8-9-10-12-19-16(17,18)15-11-13-20-14-15/h11,13-14H,2-10,12H2,1H3. The molecule has 0 atom stereocenters. The van der Waals surface area contributed by atoms with Gasteiger partial charge >= 0.3 is 6.11 Å². The highest BCUT2D eigenvalue weighted by atomic mass is 32.1. The highest BCUT2D eigenvalue weighted by Gasteiger charge is 2.32. The molecule has 1 aromatic rings. The van der Waals surface area contributed by atoms with E-state index in [1.54, 1.807) is 5.38 Å². The van der Waals surface area contributed by atoms with Crippen LogP contribution in [0.25, 0.3) is 0 Å². The van der Waals surface area contributed by atoms with Crippen LogP contribution in [-0.2, 0) is 10.8 Å². The van der Waals surface area contributed by atoms with E-state index in [-0.39, 0.29) is 12.2 Å². The predicted molar refractivity (Wildman–Crippen MR) is 81.4 cm³/mol. The maximum absolute atomic E-state index is 13.5. The highest BCUT2D eigenvalue weighted by Crippen LogP contribution is 2.31. The van der Waals surface area contributed by atoms with Crippen molar-refractivity contribution in [1.29, 1.82) is 0 Å². The molecule has 4 heteroatoms. The molecular formula is C16H26F2OS. The topological polar surface area (TPSA) is 9.23 Å². The molecule has 1 aromatic heterocycles. The molecule has 0 saturated carbocycles. The van der Waals surface area contributed by atoms with E-state index in [9.17, 15) is 8.78 Å². The van der Waals surface area contributed by atoms with Gasteiger partial charge in [0, 0.05) is 5.38 Å². The Hall–Kier alpha value is -0.480. The van der Waals surface area contributed by atoms with Gasteiger partial charge in [0.1, 0.15) is 0 Å². The maximum atomic E-state index is 13.5. The minimum absolute atomic E-state index is 0.0292. The van der Waals surface area contributed by atoms with Gasteiger partial charge in [0.05, 0.1) is 12.2 Å². The summed E-state index contributed by atoms with van der Waals surface area (Å²) in [7, 11) is 0. The zero-order chi connectivity index (χ0) is 14.7. The largest absolute Gasteiger partial charge is 0.384 e. The van der Waals surface area contributed by atoms with Gasteiger partial charge in [-0.1, -0.05) is 58.3 Å². The first-order valence-corrected chi connectivity index (χ1v) is 8.65. The van der Waals surface area contributed by atoms with E-state index < -0.39 is 6.11 Å². The molecule has 0 unspecified atom stereocenters. The van der Waals surface area contributed by atoms with Crippen LogP contribution in [0, 0.1) is 0 Å². The van der Waals surface area contributed by atoms with Gasteiger partial charge in [-0.15, -0.1) is 0 Å². The van der Waals surface area contributed by atoms with Crippen LogP contribution in [0.5, 0.6) is 0 Å². The maximum Gasteiger partial charge on any atom is 0.384 e. The Kier molecular flexibility index (Phi) is 9.03. The Morgan fingerprint density at radius 2 is 1.60 bits per heavy atom. The molecule has 0 aliphatic carbocycles. The second-order valence-electron chi connectivity index (χ2n) is 5.21. The first-order valence-electron chi connectivity index (χ1n) is 7.71. The van der Waals surface area contributed by atoms with E-state index in [0.29, 0.717) is 6.42 Å². The van der Waals surface area contributed by atoms with Crippen LogP contribution >= 0.6 is 11.3 Å². The third-order valence-electron chi connectivity index (χ3n) is 3.39. The number of unbranched alkanes of at least 4 members (excludes halogenated alkanes) is 8. The van der Waals surface area contributed by atoms with Crippen LogP contribution in [0.15, 0.2) is 16.8 Å². The fourth-order valence-corrected chi connectivity index (χ4v) is 2.79. The Labute approximate surface area is 125 Å². The number of ether oxygens (including phenoxy) is 1. The number of alkyl halides is 2. The molecule has 0 amide bonds. The van der Waals surface area contributed by atoms with Crippen molar-refractivity contribution >= 4 is 11.3 Å². The monoisotopic (exact) mass is 304 g/mol. The van der Waals surface area contributed by atoms with Crippen molar-refractivity contribution in [1.82, 2.24) is 0 Å². The minimum atomic E-state index is -3.12. The van der Waals surface area contributed by atoms with Gasteiger partial charge in [0.2, 0.25) is 0 Å². The van der Waals surface area contributed by atoms with E-state index in [2.05, 4.69) is 6.92 Å². The van der Waals surface area contributed by atoms with Crippen molar-refractivity contribution in [2.45, 2.75) is 70.8 Å². The van der Waals surface area contributed by atoms with Crippen molar-refractivity contribution < 1.29 is 13.5 Å². The lowest BCUT2D eigenvalue weighted by molar-refractivity contribution is -0.248. The molecular weight excluding hydrogens is 278 g/mol. The molecule has 116 valence electrons. The third-order valence-corrected chi connectivity index (χ3v) is 4.07. The summed E-state index contributed by atoms with van der Waals surface area (Å²) in [5, 5.41) is 3.08. The second kappa shape index (κ2) is 10.3. The fourth-order valence-electron chi connectivity index (χ4n) is 2.13. The molecule has 1 rings (SSSR count). The first-order chi connectivity index (χ1) is 9.67. The number of hydrogen-bond donors (Lipinski definition) is 0. The van der Waals surface area contributed by atoms with Crippen LogP contribution in [0.1, 0.15) is 70.3 Å². The fraction of sp³-hybridized carbons (Fsp3) is 0.750. The van der Waals surface area contributed by atoms with E-state index in [0.717, 1.165) is 12.8 Å². The van der Waals surface area contributed by atoms with Crippen LogP contribution in [0.3, 0.4) is 0 Å². The molecule has 0 aliphatic rings. The summed E-state index contributed by atoms with van der Waals surface area (Å²) in [4.78, 5) is 0. The smallest absolute Gasteiger partial charge is 0.317 e. The van der Waals surface area contributed by atoms with E-state index in [4.69, 9.17) is 4.74 Å². The summed E-state index contributed by atoms with van der Waals surface area (Å²) in [6.45, 7) is 2.35. The molecule has 0 saturated heterocycles. The summed E-state index contributed by atoms with van der Waals surface area (Å²) < 4.78 is 31.8.